The number of halogens is 2. The Bertz CT molecular complexity index is 1150. The molecule has 0 spiro atoms. The molecule has 0 bridgehead atoms. The molecule has 0 saturated carbocycles. The molecule has 2 heterocycles. The van der Waals surface area contributed by atoms with Gasteiger partial charge >= 0.3 is 5.69 Å². The largest absolute Gasteiger partial charge is 0.332 e. The van der Waals surface area contributed by atoms with E-state index in [1.807, 2.05) is 19.9 Å². The van der Waals surface area contributed by atoms with Gasteiger partial charge in [0.25, 0.3) is 5.56 Å². The number of benzene rings is 1. The molecule has 1 aromatic carbocycles. The van der Waals surface area contributed by atoms with Crippen LogP contribution in [0.1, 0.15) is 31.2 Å². The van der Waals surface area contributed by atoms with Gasteiger partial charge in [0, 0.05) is 25.8 Å². The molecule has 0 atom stereocenters. The molecule has 0 aliphatic rings. The average Bonchev–Trinajstić information content (AvgIpc) is 2.64. The van der Waals surface area contributed by atoms with E-state index in [-0.39, 0.29) is 5.92 Å². The van der Waals surface area contributed by atoms with Gasteiger partial charge in [0.05, 0.1) is 10.0 Å². The molecule has 0 N–H and O–H groups in total. The summed E-state index contributed by atoms with van der Waals surface area (Å²) < 4.78 is 2.46. The number of hydrogen-bond acceptors (Lipinski definition) is 5. The van der Waals surface area contributed by atoms with Crippen molar-refractivity contribution in [1.82, 2.24) is 19.1 Å². The maximum atomic E-state index is 12.7. The molecule has 3 rings (SSSR count). The third-order valence-corrected chi connectivity index (χ3v) is 5.95. The van der Waals surface area contributed by atoms with E-state index in [0.29, 0.717) is 37.7 Å². The number of rotatable bonds is 4. The van der Waals surface area contributed by atoms with E-state index in [1.165, 1.54) is 23.4 Å². The van der Waals surface area contributed by atoms with Crippen LogP contribution in [0.4, 0.5) is 0 Å². The third-order valence-electron chi connectivity index (χ3n) is 4.16. The molecule has 142 valence electrons. The van der Waals surface area contributed by atoms with Crippen molar-refractivity contribution >= 4 is 46.0 Å². The van der Waals surface area contributed by atoms with Crippen LogP contribution in [0, 0.1) is 0 Å². The lowest BCUT2D eigenvalue weighted by Gasteiger charge is -2.13. The van der Waals surface area contributed by atoms with E-state index in [9.17, 15) is 9.59 Å². The Labute approximate surface area is 170 Å². The minimum atomic E-state index is -0.415. The number of aromatic nitrogens is 4. The topological polar surface area (TPSA) is 69.8 Å². The first-order chi connectivity index (χ1) is 12.7. The van der Waals surface area contributed by atoms with E-state index >= 15 is 0 Å². The Morgan fingerprint density at radius 2 is 1.78 bits per heavy atom. The zero-order chi connectivity index (χ0) is 19.9. The predicted molar refractivity (Wildman–Crippen MR) is 110 cm³/mol. The maximum Gasteiger partial charge on any atom is 0.332 e. The van der Waals surface area contributed by atoms with Gasteiger partial charge in [-0.1, -0.05) is 43.1 Å². The summed E-state index contributed by atoms with van der Waals surface area (Å²) in [4.78, 5) is 34.1. The van der Waals surface area contributed by atoms with E-state index in [2.05, 4.69) is 9.97 Å². The zero-order valence-electron chi connectivity index (χ0n) is 15.3. The standard InChI is InChI=1S/C18H18Cl2N4O2S/c1-9(2)14-21-15-13(17(25)24(4)18(26)23(15)3)16(22-14)27-8-10-5-6-11(19)12(20)7-10/h5-7,9H,8H2,1-4H3. The SMILES string of the molecule is CC(C)c1nc(SCc2ccc(Cl)c(Cl)c2)c2c(=O)n(C)c(=O)n(C)c2n1. The monoisotopic (exact) mass is 424 g/mol. The molecule has 0 saturated heterocycles. The van der Waals surface area contributed by atoms with E-state index < -0.39 is 11.2 Å². The maximum absolute atomic E-state index is 12.7. The average molecular weight is 425 g/mol. The minimum absolute atomic E-state index is 0.0536. The Morgan fingerprint density at radius 1 is 1.07 bits per heavy atom. The highest BCUT2D eigenvalue weighted by Gasteiger charge is 2.18. The molecule has 0 aliphatic carbocycles. The van der Waals surface area contributed by atoms with E-state index in [1.54, 1.807) is 19.2 Å². The molecule has 6 nitrogen and oxygen atoms in total. The van der Waals surface area contributed by atoms with Crippen LogP contribution >= 0.6 is 35.0 Å². The fourth-order valence-corrected chi connectivity index (χ4v) is 3.87. The van der Waals surface area contributed by atoms with Gasteiger partial charge in [-0.3, -0.25) is 13.9 Å². The van der Waals surface area contributed by atoms with Crippen LogP contribution in [0.15, 0.2) is 32.8 Å². The van der Waals surface area contributed by atoms with E-state index in [4.69, 9.17) is 23.2 Å². The number of aryl methyl sites for hydroxylation is 1. The van der Waals surface area contributed by atoms with Gasteiger partial charge in [0.1, 0.15) is 16.2 Å². The zero-order valence-corrected chi connectivity index (χ0v) is 17.6. The van der Waals surface area contributed by atoms with Crippen LogP contribution in [0.3, 0.4) is 0 Å². The number of fused-ring (bicyclic) bond motifs is 1. The van der Waals surface area contributed by atoms with Crippen LogP contribution in [0.2, 0.25) is 10.0 Å². The normalized spacial score (nSPS) is 11.5. The molecule has 0 unspecified atom stereocenters. The van der Waals surface area contributed by atoms with Crippen molar-refractivity contribution in [1.29, 1.82) is 0 Å². The molecule has 2 aromatic heterocycles. The molecule has 9 heteroatoms. The van der Waals surface area contributed by atoms with Crippen molar-refractivity contribution in [3.8, 4) is 0 Å². The van der Waals surface area contributed by atoms with Crippen molar-refractivity contribution in [2.24, 2.45) is 14.1 Å². The van der Waals surface area contributed by atoms with Gasteiger partial charge < -0.3 is 0 Å². The third kappa shape index (κ3) is 3.77. The van der Waals surface area contributed by atoms with Gasteiger partial charge in [-0.15, -0.1) is 11.8 Å². The van der Waals surface area contributed by atoms with Crippen LogP contribution in [-0.2, 0) is 19.8 Å². The fraction of sp³-hybridized carbons (Fsp3) is 0.333. The first-order valence-corrected chi connectivity index (χ1v) is 9.99. The molecule has 27 heavy (non-hydrogen) atoms. The van der Waals surface area contributed by atoms with Crippen molar-refractivity contribution in [2.45, 2.75) is 30.5 Å². The number of nitrogens with zero attached hydrogens (tertiary/aromatic N) is 4. The summed E-state index contributed by atoms with van der Waals surface area (Å²) in [6, 6.07) is 5.40. The van der Waals surface area contributed by atoms with Crippen molar-refractivity contribution < 1.29 is 0 Å². The van der Waals surface area contributed by atoms with Gasteiger partial charge in [0.2, 0.25) is 0 Å². The number of thioether (sulfide) groups is 1. The fourth-order valence-electron chi connectivity index (χ4n) is 2.59. The molecular formula is C18H18Cl2N4O2S. The Balaban J connectivity index is 2.16. The molecule has 0 fully saturated rings. The molecule has 0 aliphatic heterocycles. The van der Waals surface area contributed by atoms with Crippen molar-refractivity contribution in [3.05, 3.63) is 60.5 Å². The van der Waals surface area contributed by atoms with Crippen LogP contribution in [-0.4, -0.2) is 19.1 Å². The highest BCUT2D eigenvalue weighted by atomic mass is 35.5. The quantitative estimate of drug-likeness (QED) is 0.471. The molecule has 0 amide bonds. The number of hydrogen-bond donors (Lipinski definition) is 0. The summed E-state index contributed by atoms with van der Waals surface area (Å²) in [5.41, 5.74) is 0.480. The van der Waals surface area contributed by atoms with Gasteiger partial charge in [-0.2, -0.15) is 0 Å². The highest BCUT2D eigenvalue weighted by Crippen LogP contribution is 2.29. The smallest absolute Gasteiger partial charge is 0.280 e. The Kier molecular flexibility index (Phi) is 5.65. The summed E-state index contributed by atoms with van der Waals surface area (Å²) in [6.07, 6.45) is 0. The van der Waals surface area contributed by atoms with Gasteiger partial charge in [-0.05, 0) is 17.7 Å². The van der Waals surface area contributed by atoms with E-state index in [0.717, 1.165) is 10.1 Å². The second-order valence-corrected chi connectivity index (χ2v) is 8.26. The predicted octanol–water partition coefficient (Wildman–Crippen LogP) is 3.75. The summed E-state index contributed by atoms with van der Waals surface area (Å²) in [7, 11) is 3.06. The second-order valence-electron chi connectivity index (χ2n) is 6.48. The summed E-state index contributed by atoms with van der Waals surface area (Å²) >= 11 is 13.5. The Hall–Kier alpha value is -1.83. The first kappa shape index (κ1) is 19.9. The minimum Gasteiger partial charge on any atom is -0.280 e. The summed E-state index contributed by atoms with van der Waals surface area (Å²) in [5.74, 6) is 1.19. The van der Waals surface area contributed by atoms with Gasteiger partial charge in [-0.25, -0.2) is 14.8 Å². The summed E-state index contributed by atoms with van der Waals surface area (Å²) in [5, 5.41) is 1.85. The second kappa shape index (κ2) is 7.66. The van der Waals surface area contributed by atoms with Crippen LogP contribution < -0.4 is 11.2 Å². The van der Waals surface area contributed by atoms with Crippen molar-refractivity contribution in [2.75, 3.05) is 0 Å². The molecule has 0 radical (unpaired) electrons. The van der Waals surface area contributed by atoms with Crippen LogP contribution in [0.25, 0.3) is 11.0 Å². The molecular weight excluding hydrogens is 407 g/mol. The summed E-state index contributed by atoms with van der Waals surface area (Å²) in [6.45, 7) is 3.93. The van der Waals surface area contributed by atoms with Crippen LogP contribution in [0.5, 0.6) is 0 Å². The lowest BCUT2D eigenvalue weighted by atomic mass is 10.2. The highest BCUT2D eigenvalue weighted by molar-refractivity contribution is 7.98. The lowest BCUT2D eigenvalue weighted by molar-refractivity contribution is 0.689. The molecule has 3 aromatic rings. The van der Waals surface area contributed by atoms with Gasteiger partial charge in [0.15, 0.2) is 5.65 Å². The van der Waals surface area contributed by atoms with Crippen molar-refractivity contribution in [3.63, 3.8) is 0 Å². The first-order valence-electron chi connectivity index (χ1n) is 8.25. The Morgan fingerprint density at radius 3 is 2.41 bits per heavy atom. The lowest BCUT2D eigenvalue weighted by Crippen LogP contribution is -2.37.